The van der Waals surface area contributed by atoms with Crippen LogP contribution in [0.1, 0.15) is 30.1 Å². The summed E-state index contributed by atoms with van der Waals surface area (Å²) in [5.41, 5.74) is 0.734. The first-order valence-electron chi connectivity index (χ1n) is 6.63. The predicted octanol–water partition coefficient (Wildman–Crippen LogP) is 1.57. The third kappa shape index (κ3) is 2.80. The fourth-order valence-electron chi connectivity index (χ4n) is 2.68. The van der Waals surface area contributed by atoms with Crippen LogP contribution in [0, 0.1) is 6.92 Å². The number of sulfone groups is 1. The second-order valence-corrected chi connectivity index (χ2v) is 7.97. The van der Waals surface area contributed by atoms with E-state index in [1.54, 1.807) is 13.0 Å². The van der Waals surface area contributed by atoms with E-state index in [1.165, 1.54) is 0 Å². The molecule has 6 nitrogen and oxygen atoms in total. The Bertz CT molecular complexity index is 862. The normalized spacial score (nSPS) is 19.0. The summed E-state index contributed by atoms with van der Waals surface area (Å²) < 4.78 is 23.0. The van der Waals surface area contributed by atoms with Gasteiger partial charge in [0, 0.05) is 5.56 Å². The van der Waals surface area contributed by atoms with Gasteiger partial charge in [-0.3, -0.25) is 4.79 Å². The third-order valence-corrected chi connectivity index (χ3v) is 5.80. The number of aryl methyl sites for hydroxylation is 1. The van der Waals surface area contributed by atoms with Crippen molar-refractivity contribution in [3.05, 3.63) is 33.0 Å². The summed E-state index contributed by atoms with van der Waals surface area (Å²) in [4.78, 5) is 23.2. The quantitative estimate of drug-likeness (QED) is 0.802. The van der Waals surface area contributed by atoms with E-state index in [-0.39, 0.29) is 23.0 Å². The van der Waals surface area contributed by atoms with E-state index in [9.17, 15) is 13.2 Å². The van der Waals surface area contributed by atoms with Crippen LogP contribution in [0.2, 0.25) is 5.15 Å². The number of nitrogens with one attached hydrogen (secondary N) is 1. The molecule has 112 valence electrons. The lowest BCUT2D eigenvalue weighted by Crippen LogP contribution is -2.26. The molecule has 1 saturated heterocycles. The van der Waals surface area contributed by atoms with Gasteiger partial charge in [-0.2, -0.15) is 0 Å². The number of hydrogen-bond donors (Lipinski definition) is 1. The summed E-state index contributed by atoms with van der Waals surface area (Å²) in [5.74, 6) is 0.652. The van der Waals surface area contributed by atoms with Crippen molar-refractivity contribution < 1.29 is 8.42 Å². The molecule has 8 heteroatoms. The molecule has 0 spiro atoms. The molecular formula is C13H14ClN3O3S. The molecule has 0 radical (unpaired) electrons. The Morgan fingerprint density at radius 2 is 1.95 bits per heavy atom. The van der Waals surface area contributed by atoms with Crippen LogP contribution < -0.4 is 5.56 Å². The van der Waals surface area contributed by atoms with Crippen molar-refractivity contribution in [1.82, 2.24) is 15.0 Å². The molecule has 0 atom stereocenters. The minimum atomic E-state index is -2.96. The number of fused-ring (bicyclic) bond motifs is 1. The van der Waals surface area contributed by atoms with E-state index in [2.05, 4.69) is 15.0 Å². The van der Waals surface area contributed by atoms with Gasteiger partial charge in [0.2, 0.25) is 0 Å². The van der Waals surface area contributed by atoms with Crippen LogP contribution in [-0.2, 0) is 9.84 Å². The lowest BCUT2D eigenvalue weighted by Gasteiger charge is -2.21. The Labute approximate surface area is 126 Å². The van der Waals surface area contributed by atoms with E-state index in [1.807, 2.05) is 0 Å². The average molecular weight is 328 g/mol. The molecule has 0 unspecified atom stereocenters. The van der Waals surface area contributed by atoms with Gasteiger partial charge in [-0.15, -0.1) is 0 Å². The first kappa shape index (κ1) is 14.5. The number of nitrogens with zero attached hydrogens (tertiary/aromatic N) is 2. The number of H-pyrrole nitrogens is 1. The fourth-order valence-corrected chi connectivity index (χ4v) is 4.43. The van der Waals surface area contributed by atoms with Crippen LogP contribution in [0.3, 0.4) is 0 Å². The minimum Gasteiger partial charge on any atom is -0.306 e. The number of aromatic nitrogens is 3. The van der Waals surface area contributed by atoms with Crippen molar-refractivity contribution in [3.8, 4) is 0 Å². The highest BCUT2D eigenvalue weighted by atomic mass is 35.5. The number of rotatable bonds is 1. The SMILES string of the molecule is Cc1nc(Cl)c2cc(C3CCS(=O)(=O)CC3)c(=O)[nH]c2n1. The Kier molecular flexibility index (Phi) is 3.49. The number of pyridine rings is 1. The average Bonchev–Trinajstić information content (AvgIpc) is 2.38. The zero-order valence-electron chi connectivity index (χ0n) is 11.4. The summed E-state index contributed by atoms with van der Waals surface area (Å²) in [7, 11) is -2.96. The molecule has 2 aromatic heterocycles. The molecule has 1 aliphatic rings. The molecule has 1 fully saturated rings. The van der Waals surface area contributed by atoms with Gasteiger partial charge in [-0.05, 0) is 31.7 Å². The Morgan fingerprint density at radius 3 is 2.62 bits per heavy atom. The molecule has 1 N–H and O–H groups in total. The van der Waals surface area contributed by atoms with Crippen molar-refractivity contribution in [2.45, 2.75) is 25.7 Å². The van der Waals surface area contributed by atoms with Crippen LogP contribution in [0.4, 0.5) is 0 Å². The van der Waals surface area contributed by atoms with Crippen molar-refractivity contribution in [1.29, 1.82) is 0 Å². The maximum Gasteiger partial charge on any atom is 0.253 e. The number of halogens is 1. The van der Waals surface area contributed by atoms with Crippen LogP contribution in [0.25, 0.3) is 11.0 Å². The standard InChI is InChI=1S/C13H14ClN3O3S/c1-7-15-11(14)10-6-9(13(18)17-12(10)16-7)8-2-4-21(19,20)5-3-8/h6,8H,2-5H2,1H3,(H,15,16,17,18). The maximum absolute atomic E-state index is 12.2. The lowest BCUT2D eigenvalue weighted by molar-refractivity contribution is 0.548. The van der Waals surface area contributed by atoms with Crippen molar-refractivity contribution in [2.24, 2.45) is 0 Å². The van der Waals surface area contributed by atoms with Crippen LogP contribution in [-0.4, -0.2) is 34.9 Å². The molecule has 3 rings (SSSR count). The second-order valence-electron chi connectivity index (χ2n) is 5.30. The van der Waals surface area contributed by atoms with Crippen molar-refractivity contribution in [3.63, 3.8) is 0 Å². The molecule has 0 aliphatic carbocycles. The maximum atomic E-state index is 12.2. The molecule has 0 amide bonds. The van der Waals surface area contributed by atoms with Crippen LogP contribution in [0.15, 0.2) is 10.9 Å². The third-order valence-electron chi connectivity index (χ3n) is 3.80. The Morgan fingerprint density at radius 1 is 1.29 bits per heavy atom. The summed E-state index contributed by atoms with van der Waals surface area (Å²) in [6, 6.07) is 1.69. The van der Waals surface area contributed by atoms with Crippen LogP contribution in [0.5, 0.6) is 0 Å². The summed E-state index contributed by atoms with van der Waals surface area (Å²) in [6.07, 6.45) is 0.919. The first-order valence-corrected chi connectivity index (χ1v) is 8.83. The molecule has 21 heavy (non-hydrogen) atoms. The molecule has 1 aliphatic heterocycles. The van der Waals surface area contributed by atoms with Crippen LogP contribution >= 0.6 is 11.6 Å². The molecule has 0 aromatic carbocycles. The van der Waals surface area contributed by atoms with Crippen molar-refractivity contribution in [2.75, 3.05) is 11.5 Å². The lowest BCUT2D eigenvalue weighted by atomic mass is 9.94. The second kappa shape index (κ2) is 5.06. The van der Waals surface area contributed by atoms with Gasteiger partial charge in [0.25, 0.3) is 5.56 Å². The molecular weight excluding hydrogens is 314 g/mol. The van der Waals surface area contributed by atoms with Crippen molar-refractivity contribution >= 4 is 32.5 Å². The summed E-state index contributed by atoms with van der Waals surface area (Å²) >= 11 is 6.10. The van der Waals surface area contributed by atoms with Gasteiger partial charge in [0.15, 0.2) is 0 Å². The number of aromatic amines is 1. The van der Waals surface area contributed by atoms with E-state index in [0.29, 0.717) is 40.4 Å². The fraction of sp³-hybridized carbons (Fsp3) is 0.462. The minimum absolute atomic E-state index is 0.0703. The largest absolute Gasteiger partial charge is 0.306 e. The molecule has 0 saturated carbocycles. The topological polar surface area (TPSA) is 92.8 Å². The monoisotopic (exact) mass is 327 g/mol. The molecule has 0 bridgehead atoms. The van der Waals surface area contributed by atoms with E-state index < -0.39 is 9.84 Å². The Balaban J connectivity index is 2.08. The molecule has 2 aromatic rings. The van der Waals surface area contributed by atoms with Gasteiger partial charge < -0.3 is 4.98 Å². The van der Waals surface area contributed by atoms with Gasteiger partial charge in [-0.1, -0.05) is 11.6 Å². The zero-order valence-corrected chi connectivity index (χ0v) is 13.0. The summed E-state index contributed by atoms with van der Waals surface area (Å²) in [6.45, 7) is 1.70. The predicted molar refractivity (Wildman–Crippen MR) is 80.5 cm³/mol. The first-order chi connectivity index (χ1) is 9.85. The molecule has 3 heterocycles. The number of hydrogen-bond acceptors (Lipinski definition) is 5. The van der Waals surface area contributed by atoms with Gasteiger partial charge in [-0.25, -0.2) is 18.4 Å². The Hall–Kier alpha value is -1.47. The van der Waals surface area contributed by atoms with E-state index in [4.69, 9.17) is 11.6 Å². The van der Waals surface area contributed by atoms with E-state index >= 15 is 0 Å². The zero-order chi connectivity index (χ0) is 15.2. The van der Waals surface area contributed by atoms with Gasteiger partial charge >= 0.3 is 0 Å². The van der Waals surface area contributed by atoms with Gasteiger partial charge in [0.05, 0.1) is 16.9 Å². The highest BCUT2D eigenvalue weighted by Crippen LogP contribution is 2.29. The van der Waals surface area contributed by atoms with Gasteiger partial charge in [0.1, 0.15) is 26.5 Å². The summed E-state index contributed by atoms with van der Waals surface area (Å²) in [5, 5.41) is 0.878. The highest BCUT2D eigenvalue weighted by molar-refractivity contribution is 7.91. The van der Waals surface area contributed by atoms with E-state index in [0.717, 1.165) is 0 Å². The highest BCUT2D eigenvalue weighted by Gasteiger charge is 2.26. The smallest absolute Gasteiger partial charge is 0.253 e.